The van der Waals surface area contributed by atoms with Gasteiger partial charge in [0.1, 0.15) is 0 Å². The van der Waals surface area contributed by atoms with Crippen LogP contribution in [0.1, 0.15) is 43.0 Å². The van der Waals surface area contributed by atoms with E-state index in [1.54, 1.807) is 24.3 Å². The Balaban J connectivity index is 1.91. The van der Waals surface area contributed by atoms with Crippen molar-refractivity contribution in [1.29, 1.82) is 0 Å². The van der Waals surface area contributed by atoms with Crippen LogP contribution in [0.25, 0.3) is 0 Å². The molecule has 1 aliphatic carbocycles. The van der Waals surface area contributed by atoms with E-state index in [1.165, 1.54) is 12.8 Å². The van der Waals surface area contributed by atoms with E-state index in [0.29, 0.717) is 30.3 Å². The van der Waals surface area contributed by atoms with Crippen LogP contribution in [0.4, 0.5) is 10.5 Å². The molecule has 0 atom stereocenters. The van der Waals surface area contributed by atoms with Gasteiger partial charge < -0.3 is 15.4 Å². The number of hydrogen-bond acceptors (Lipinski definition) is 3. The van der Waals surface area contributed by atoms with Crippen LogP contribution in [0.5, 0.6) is 0 Å². The third kappa shape index (κ3) is 5.10. The number of carbonyl (C=O) groups is 2. The van der Waals surface area contributed by atoms with Crippen molar-refractivity contribution in [3.63, 3.8) is 0 Å². The Kier molecular flexibility index (Phi) is 5.60. The van der Waals surface area contributed by atoms with Gasteiger partial charge in [0.15, 0.2) is 0 Å². The number of urea groups is 1. The van der Waals surface area contributed by atoms with Crippen LogP contribution in [0.3, 0.4) is 0 Å². The number of amides is 2. The Morgan fingerprint density at radius 2 is 2.05 bits per heavy atom. The van der Waals surface area contributed by atoms with E-state index in [9.17, 15) is 9.59 Å². The first kappa shape index (κ1) is 15.4. The largest absolute Gasteiger partial charge is 0.462 e. The molecule has 0 bridgehead atoms. The van der Waals surface area contributed by atoms with Crippen LogP contribution in [0.15, 0.2) is 24.3 Å². The van der Waals surface area contributed by atoms with Crippen LogP contribution < -0.4 is 10.6 Å². The lowest BCUT2D eigenvalue weighted by Gasteiger charge is -2.11. The fourth-order valence-electron chi connectivity index (χ4n) is 1.88. The number of unbranched alkanes of at least 4 members (excludes halogenated alkanes) is 1. The zero-order chi connectivity index (χ0) is 15.1. The van der Waals surface area contributed by atoms with Gasteiger partial charge in [0, 0.05) is 6.54 Å². The number of benzene rings is 1. The van der Waals surface area contributed by atoms with E-state index in [2.05, 4.69) is 10.6 Å². The second kappa shape index (κ2) is 7.67. The lowest BCUT2D eigenvalue weighted by atomic mass is 10.2. The first-order valence-electron chi connectivity index (χ1n) is 7.51. The number of para-hydroxylation sites is 1. The predicted octanol–water partition coefficient (Wildman–Crippen LogP) is 3.18. The summed E-state index contributed by atoms with van der Waals surface area (Å²) in [6.07, 6.45) is 4.17. The molecule has 2 amide bonds. The van der Waals surface area contributed by atoms with E-state index in [-0.39, 0.29) is 6.03 Å². The molecule has 5 nitrogen and oxygen atoms in total. The summed E-state index contributed by atoms with van der Waals surface area (Å²) in [5, 5.41) is 5.52. The van der Waals surface area contributed by atoms with Crippen LogP contribution in [-0.4, -0.2) is 25.2 Å². The molecule has 0 aromatic heterocycles. The molecule has 1 saturated carbocycles. The molecule has 114 valence electrons. The molecule has 0 radical (unpaired) electrons. The maximum Gasteiger partial charge on any atom is 0.340 e. The van der Waals surface area contributed by atoms with E-state index in [4.69, 9.17) is 4.74 Å². The maximum atomic E-state index is 12.0. The van der Waals surface area contributed by atoms with Gasteiger partial charge in [-0.15, -0.1) is 0 Å². The number of anilines is 1. The number of nitrogens with one attached hydrogen (secondary N) is 2. The van der Waals surface area contributed by atoms with Gasteiger partial charge in [-0.25, -0.2) is 9.59 Å². The molecule has 1 aliphatic rings. The van der Waals surface area contributed by atoms with Crippen molar-refractivity contribution in [2.75, 3.05) is 18.5 Å². The number of ether oxygens (including phenoxy) is 1. The SMILES string of the molecule is CCCCOC(=O)c1ccccc1NC(=O)NCC1CC1. The summed E-state index contributed by atoms with van der Waals surface area (Å²) in [6.45, 7) is 3.13. The highest BCUT2D eigenvalue weighted by atomic mass is 16.5. The quantitative estimate of drug-likeness (QED) is 0.598. The van der Waals surface area contributed by atoms with Crippen LogP contribution >= 0.6 is 0 Å². The van der Waals surface area contributed by atoms with Gasteiger partial charge in [0.2, 0.25) is 0 Å². The average Bonchev–Trinajstić information content (AvgIpc) is 3.30. The summed E-state index contributed by atoms with van der Waals surface area (Å²) in [5.74, 6) is 0.214. The predicted molar refractivity (Wildman–Crippen MR) is 81.4 cm³/mol. The van der Waals surface area contributed by atoms with Gasteiger partial charge in [0.25, 0.3) is 0 Å². The second-order valence-electron chi connectivity index (χ2n) is 5.31. The standard InChI is InChI=1S/C16H22N2O3/c1-2-3-10-21-15(19)13-6-4-5-7-14(13)18-16(20)17-11-12-8-9-12/h4-7,12H,2-3,8-11H2,1H3,(H2,17,18,20). The average molecular weight is 290 g/mol. The fourth-order valence-corrected chi connectivity index (χ4v) is 1.88. The van der Waals surface area contributed by atoms with E-state index in [1.807, 2.05) is 6.92 Å². The summed E-state index contributed by atoms with van der Waals surface area (Å²) >= 11 is 0. The van der Waals surface area contributed by atoms with Gasteiger partial charge in [-0.2, -0.15) is 0 Å². The summed E-state index contributed by atoms with van der Waals surface area (Å²) in [6, 6.07) is 6.61. The summed E-state index contributed by atoms with van der Waals surface area (Å²) < 4.78 is 5.19. The normalized spacial score (nSPS) is 13.6. The molecule has 0 unspecified atom stereocenters. The number of hydrogen-bond donors (Lipinski definition) is 2. The molecule has 1 aromatic rings. The maximum absolute atomic E-state index is 12.0. The van der Waals surface area contributed by atoms with Crippen molar-refractivity contribution in [1.82, 2.24) is 5.32 Å². The van der Waals surface area contributed by atoms with Crippen molar-refractivity contribution in [2.24, 2.45) is 5.92 Å². The first-order chi connectivity index (χ1) is 10.2. The van der Waals surface area contributed by atoms with Gasteiger partial charge in [-0.3, -0.25) is 0 Å². The minimum Gasteiger partial charge on any atom is -0.462 e. The Labute approximate surface area is 125 Å². The number of rotatable bonds is 7. The molecular formula is C16H22N2O3. The Morgan fingerprint density at radius 3 is 2.76 bits per heavy atom. The van der Waals surface area contributed by atoms with E-state index in [0.717, 1.165) is 12.8 Å². The summed E-state index contributed by atoms with van der Waals surface area (Å²) in [4.78, 5) is 23.8. The monoisotopic (exact) mass is 290 g/mol. The molecule has 0 saturated heterocycles. The number of carbonyl (C=O) groups excluding carboxylic acids is 2. The highest BCUT2D eigenvalue weighted by Gasteiger charge is 2.22. The topological polar surface area (TPSA) is 67.4 Å². The van der Waals surface area contributed by atoms with E-state index >= 15 is 0 Å². The smallest absolute Gasteiger partial charge is 0.340 e. The molecule has 5 heteroatoms. The molecule has 0 aliphatic heterocycles. The molecule has 1 fully saturated rings. The summed E-state index contributed by atoms with van der Waals surface area (Å²) in [5.41, 5.74) is 0.863. The highest BCUT2D eigenvalue weighted by Crippen LogP contribution is 2.27. The highest BCUT2D eigenvalue weighted by molar-refractivity contribution is 6.00. The van der Waals surface area contributed by atoms with Crippen LogP contribution in [0, 0.1) is 5.92 Å². The molecule has 2 N–H and O–H groups in total. The molecular weight excluding hydrogens is 268 g/mol. The lowest BCUT2D eigenvalue weighted by Crippen LogP contribution is -2.31. The van der Waals surface area contributed by atoms with Gasteiger partial charge >= 0.3 is 12.0 Å². The van der Waals surface area contributed by atoms with Crippen LogP contribution in [-0.2, 0) is 4.74 Å². The van der Waals surface area contributed by atoms with Gasteiger partial charge in [0.05, 0.1) is 17.9 Å². The number of esters is 1. The molecule has 0 heterocycles. The molecule has 1 aromatic carbocycles. The first-order valence-corrected chi connectivity index (χ1v) is 7.51. The molecule has 2 rings (SSSR count). The second-order valence-corrected chi connectivity index (χ2v) is 5.31. The zero-order valence-electron chi connectivity index (χ0n) is 12.4. The van der Waals surface area contributed by atoms with Crippen molar-refractivity contribution in [3.05, 3.63) is 29.8 Å². The third-order valence-corrected chi connectivity index (χ3v) is 3.37. The lowest BCUT2D eigenvalue weighted by molar-refractivity contribution is 0.0501. The van der Waals surface area contributed by atoms with E-state index < -0.39 is 5.97 Å². The van der Waals surface area contributed by atoms with Crippen molar-refractivity contribution in [2.45, 2.75) is 32.6 Å². The van der Waals surface area contributed by atoms with Crippen LogP contribution in [0.2, 0.25) is 0 Å². The molecule has 21 heavy (non-hydrogen) atoms. The Morgan fingerprint density at radius 1 is 1.29 bits per heavy atom. The fraction of sp³-hybridized carbons (Fsp3) is 0.500. The Bertz CT molecular complexity index is 498. The zero-order valence-corrected chi connectivity index (χ0v) is 12.4. The summed E-state index contributed by atoms with van der Waals surface area (Å²) in [7, 11) is 0. The van der Waals surface area contributed by atoms with Gasteiger partial charge in [-0.1, -0.05) is 25.5 Å². The van der Waals surface area contributed by atoms with Crippen molar-refractivity contribution >= 4 is 17.7 Å². The third-order valence-electron chi connectivity index (χ3n) is 3.37. The minimum absolute atomic E-state index is 0.282. The minimum atomic E-state index is -0.401. The Hall–Kier alpha value is -2.04. The van der Waals surface area contributed by atoms with Crippen molar-refractivity contribution < 1.29 is 14.3 Å². The molecule has 0 spiro atoms. The van der Waals surface area contributed by atoms with Gasteiger partial charge in [-0.05, 0) is 37.3 Å². The van der Waals surface area contributed by atoms with Crippen molar-refractivity contribution in [3.8, 4) is 0 Å².